The van der Waals surface area contributed by atoms with Crippen molar-refractivity contribution in [2.24, 2.45) is 17.1 Å². The van der Waals surface area contributed by atoms with Crippen LogP contribution < -0.4 is 15.2 Å². The molecule has 0 aromatic heterocycles. The highest BCUT2D eigenvalue weighted by Gasteiger charge is 2.35. The highest BCUT2D eigenvalue weighted by atomic mass is 35.5. The third-order valence-corrected chi connectivity index (χ3v) is 5.30. The van der Waals surface area contributed by atoms with Crippen LogP contribution in [-0.2, 0) is 0 Å². The molecule has 1 unspecified atom stereocenters. The van der Waals surface area contributed by atoms with Crippen molar-refractivity contribution >= 4 is 17.5 Å². The molecule has 2 N–H and O–H groups in total. The molecule has 1 atom stereocenters. The monoisotopic (exact) mass is 382 g/mol. The number of methoxy groups -OCH3 is 1. The van der Waals surface area contributed by atoms with Crippen LogP contribution in [0.3, 0.4) is 0 Å². The van der Waals surface area contributed by atoms with E-state index >= 15 is 0 Å². The summed E-state index contributed by atoms with van der Waals surface area (Å²) in [6, 6.07) is 3.47. The first-order valence-electron chi connectivity index (χ1n) is 9.21. The predicted molar refractivity (Wildman–Crippen MR) is 105 cm³/mol. The van der Waals surface area contributed by atoms with Crippen molar-refractivity contribution in [2.75, 3.05) is 26.8 Å². The highest BCUT2D eigenvalue weighted by molar-refractivity contribution is 6.32. The molecular formula is C20H31ClN2O3. The Hall–Kier alpha value is -1.46. The molecule has 1 amide bonds. The van der Waals surface area contributed by atoms with E-state index in [2.05, 4.69) is 27.7 Å². The summed E-state index contributed by atoms with van der Waals surface area (Å²) in [7, 11) is 1.55. The Balaban J connectivity index is 2.19. The number of ether oxygens (including phenoxy) is 2. The molecule has 0 radical (unpaired) electrons. The topological polar surface area (TPSA) is 64.8 Å². The maximum atomic E-state index is 13.0. The van der Waals surface area contributed by atoms with E-state index in [0.717, 1.165) is 12.8 Å². The normalized spacial score (nSPS) is 19.5. The second kappa shape index (κ2) is 8.49. The molecular weight excluding hydrogens is 352 g/mol. The second-order valence-corrected chi connectivity index (χ2v) is 8.54. The van der Waals surface area contributed by atoms with E-state index < -0.39 is 0 Å². The molecule has 1 aliphatic heterocycles. The largest absolute Gasteiger partial charge is 0.493 e. The molecule has 1 aromatic rings. The maximum absolute atomic E-state index is 13.0. The molecule has 1 saturated heterocycles. The summed E-state index contributed by atoms with van der Waals surface area (Å²) in [5.41, 5.74) is 6.57. The first-order valence-corrected chi connectivity index (χ1v) is 9.58. The number of carbonyl (C=O) groups excluding carboxylic acids is 1. The van der Waals surface area contributed by atoms with Crippen LogP contribution in [0.2, 0.25) is 5.02 Å². The average Bonchev–Trinajstić information content (AvgIpc) is 2.57. The van der Waals surface area contributed by atoms with Gasteiger partial charge in [0.15, 0.2) is 11.5 Å². The zero-order valence-corrected chi connectivity index (χ0v) is 17.2. The highest BCUT2D eigenvalue weighted by Crippen LogP contribution is 2.37. The molecule has 26 heavy (non-hydrogen) atoms. The van der Waals surface area contributed by atoms with Gasteiger partial charge in [0.1, 0.15) is 0 Å². The van der Waals surface area contributed by atoms with Crippen LogP contribution in [0.1, 0.15) is 50.9 Å². The fourth-order valence-corrected chi connectivity index (χ4v) is 3.38. The molecule has 0 spiro atoms. The molecule has 1 heterocycles. The predicted octanol–water partition coefficient (Wildman–Crippen LogP) is 3.97. The molecule has 1 fully saturated rings. The van der Waals surface area contributed by atoms with Gasteiger partial charge in [0, 0.05) is 24.7 Å². The first-order chi connectivity index (χ1) is 12.2. The van der Waals surface area contributed by atoms with Gasteiger partial charge in [-0.2, -0.15) is 0 Å². The van der Waals surface area contributed by atoms with Crippen LogP contribution in [0.15, 0.2) is 12.1 Å². The Morgan fingerprint density at radius 2 is 2.12 bits per heavy atom. The van der Waals surface area contributed by atoms with E-state index in [1.54, 1.807) is 19.2 Å². The lowest BCUT2D eigenvalue weighted by atomic mass is 9.79. The van der Waals surface area contributed by atoms with E-state index in [4.69, 9.17) is 26.8 Å². The fourth-order valence-electron chi connectivity index (χ4n) is 3.11. The number of hydrogen-bond donors (Lipinski definition) is 1. The first kappa shape index (κ1) is 20.8. The smallest absolute Gasteiger partial charge is 0.254 e. The molecule has 6 heteroatoms. The van der Waals surface area contributed by atoms with Crippen LogP contribution in [0.5, 0.6) is 11.5 Å². The van der Waals surface area contributed by atoms with Crippen molar-refractivity contribution in [1.82, 2.24) is 4.90 Å². The number of nitrogens with two attached hydrogens (primary N) is 1. The van der Waals surface area contributed by atoms with Crippen LogP contribution in [-0.4, -0.2) is 43.7 Å². The van der Waals surface area contributed by atoms with Crippen molar-refractivity contribution in [1.29, 1.82) is 0 Å². The maximum Gasteiger partial charge on any atom is 0.254 e. The van der Waals surface area contributed by atoms with Gasteiger partial charge in [-0.1, -0.05) is 39.3 Å². The van der Waals surface area contributed by atoms with Gasteiger partial charge in [0.2, 0.25) is 0 Å². The van der Waals surface area contributed by atoms with Gasteiger partial charge in [0.25, 0.3) is 5.91 Å². The molecule has 1 aliphatic rings. The minimum atomic E-state index is -0.109. The summed E-state index contributed by atoms with van der Waals surface area (Å²) in [5, 5.41) is 0.393. The van der Waals surface area contributed by atoms with Gasteiger partial charge in [-0.3, -0.25) is 4.79 Å². The number of halogens is 1. The molecule has 5 nitrogen and oxygen atoms in total. The number of nitrogens with zero attached hydrogens (tertiary/aromatic N) is 1. The molecule has 0 saturated carbocycles. The zero-order chi connectivity index (χ0) is 19.5. The molecule has 1 aromatic carbocycles. The van der Waals surface area contributed by atoms with E-state index in [9.17, 15) is 4.79 Å². The minimum absolute atomic E-state index is 0.0566. The number of likely N-dealkylation sites (tertiary alicyclic amines) is 1. The number of hydrogen-bond acceptors (Lipinski definition) is 4. The number of rotatable bonds is 6. The Morgan fingerprint density at radius 1 is 1.42 bits per heavy atom. The lowest BCUT2D eigenvalue weighted by molar-refractivity contribution is 0.0532. The van der Waals surface area contributed by atoms with E-state index in [0.29, 0.717) is 47.7 Å². The summed E-state index contributed by atoms with van der Waals surface area (Å²) in [5.74, 6) is 1.46. The van der Waals surface area contributed by atoms with Gasteiger partial charge >= 0.3 is 0 Å². The van der Waals surface area contributed by atoms with Gasteiger partial charge in [0.05, 0.1) is 18.7 Å². The molecule has 0 aliphatic carbocycles. The van der Waals surface area contributed by atoms with E-state index in [1.165, 1.54) is 0 Å². The standard InChI is InChI=1S/C20H31ClN2O3/c1-13(2)7-9-26-18-15(21)10-14(11-16(18)25-5)19(24)23-8-6-17(22)20(3,4)12-23/h10-11,13,17H,6-9,12,22H2,1-5H3. The Morgan fingerprint density at radius 3 is 2.69 bits per heavy atom. The molecule has 0 bridgehead atoms. The number of amides is 1. The van der Waals surface area contributed by atoms with Crippen LogP contribution >= 0.6 is 11.6 Å². The third-order valence-electron chi connectivity index (χ3n) is 5.02. The summed E-state index contributed by atoms with van der Waals surface area (Å²) in [4.78, 5) is 14.8. The molecule has 2 rings (SSSR count). The van der Waals surface area contributed by atoms with Crippen LogP contribution in [0, 0.1) is 11.3 Å². The lowest BCUT2D eigenvalue weighted by Gasteiger charge is -2.42. The minimum Gasteiger partial charge on any atom is -0.493 e. The SMILES string of the molecule is COc1cc(C(=O)N2CCC(N)C(C)(C)C2)cc(Cl)c1OCCC(C)C. The summed E-state index contributed by atoms with van der Waals surface area (Å²) in [6.45, 7) is 10.3. The van der Waals surface area contributed by atoms with Crippen molar-refractivity contribution in [3.05, 3.63) is 22.7 Å². The second-order valence-electron chi connectivity index (χ2n) is 8.13. The summed E-state index contributed by atoms with van der Waals surface area (Å²) in [6.07, 6.45) is 1.71. The van der Waals surface area contributed by atoms with Crippen LogP contribution in [0.25, 0.3) is 0 Å². The Bertz CT molecular complexity index is 646. The Kier molecular flexibility index (Phi) is 6.80. The van der Waals surface area contributed by atoms with Crippen molar-refractivity contribution < 1.29 is 14.3 Å². The van der Waals surface area contributed by atoms with Crippen molar-refractivity contribution in [3.8, 4) is 11.5 Å². The lowest BCUT2D eigenvalue weighted by Crippen LogP contribution is -2.54. The molecule has 146 valence electrons. The van der Waals surface area contributed by atoms with Crippen LogP contribution in [0.4, 0.5) is 0 Å². The summed E-state index contributed by atoms with van der Waals surface area (Å²) < 4.78 is 11.2. The number of benzene rings is 1. The van der Waals surface area contributed by atoms with Crippen molar-refractivity contribution in [3.63, 3.8) is 0 Å². The summed E-state index contributed by atoms with van der Waals surface area (Å²) >= 11 is 6.40. The van der Waals surface area contributed by atoms with E-state index in [-0.39, 0.29) is 17.4 Å². The Labute approximate surface area is 161 Å². The van der Waals surface area contributed by atoms with E-state index in [1.807, 2.05) is 4.90 Å². The average molecular weight is 383 g/mol. The number of carbonyl (C=O) groups is 1. The van der Waals surface area contributed by atoms with Gasteiger partial charge < -0.3 is 20.1 Å². The van der Waals surface area contributed by atoms with Crippen molar-refractivity contribution in [2.45, 2.75) is 46.6 Å². The van der Waals surface area contributed by atoms with Gasteiger partial charge in [-0.05, 0) is 36.3 Å². The quantitative estimate of drug-likeness (QED) is 0.808. The third kappa shape index (κ3) is 4.83. The van der Waals surface area contributed by atoms with Gasteiger partial charge in [-0.15, -0.1) is 0 Å². The fraction of sp³-hybridized carbons (Fsp3) is 0.650. The zero-order valence-electron chi connectivity index (χ0n) is 16.5. The van der Waals surface area contributed by atoms with Gasteiger partial charge in [-0.25, -0.2) is 0 Å². The number of piperidine rings is 1.